The van der Waals surface area contributed by atoms with E-state index in [4.69, 9.17) is 9.47 Å². The van der Waals surface area contributed by atoms with E-state index in [9.17, 15) is 0 Å². The maximum absolute atomic E-state index is 5.82. The first-order valence-corrected chi connectivity index (χ1v) is 7.48. The van der Waals surface area contributed by atoms with Gasteiger partial charge in [0.2, 0.25) is 0 Å². The number of benzene rings is 1. The summed E-state index contributed by atoms with van der Waals surface area (Å²) in [6, 6.07) is 8.29. The van der Waals surface area contributed by atoms with Gasteiger partial charge in [-0.1, -0.05) is 12.1 Å². The second-order valence-corrected chi connectivity index (χ2v) is 5.36. The van der Waals surface area contributed by atoms with Crippen molar-refractivity contribution < 1.29 is 9.47 Å². The maximum atomic E-state index is 5.82. The van der Waals surface area contributed by atoms with Crippen LogP contribution in [0.5, 0.6) is 5.75 Å². The highest BCUT2D eigenvalue weighted by Gasteiger charge is 2.14. The molecule has 1 aliphatic rings. The van der Waals surface area contributed by atoms with E-state index in [0.29, 0.717) is 6.10 Å². The molecule has 0 radical (unpaired) electrons. The molecule has 112 valence electrons. The van der Waals surface area contributed by atoms with Crippen molar-refractivity contribution >= 4 is 0 Å². The quantitative estimate of drug-likeness (QED) is 0.861. The van der Waals surface area contributed by atoms with Gasteiger partial charge in [-0.15, -0.1) is 0 Å². The van der Waals surface area contributed by atoms with Gasteiger partial charge in [-0.3, -0.25) is 4.90 Å². The zero-order valence-corrected chi connectivity index (χ0v) is 12.6. The molecule has 1 unspecified atom stereocenters. The SMILES string of the molecule is CNCc1ccc(OCCN2CCCOC(C)C2)cc1. The van der Waals surface area contributed by atoms with Crippen molar-refractivity contribution in [1.82, 2.24) is 10.2 Å². The molecule has 4 nitrogen and oxygen atoms in total. The fraction of sp³-hybridized carbons (Fsp3) is 0.625. The van der Waals surface area contributed by atoms with Gasteiger partial charge in [-0.25, -0.2) is 0 Å². The molecule has 4 heteroatoms. The van der Waals surface area contributed by atoms with E-state index in [2.05, 4.69) is 29.3 Å². The van der Waals surface area contributed by atoms with Crippen LogP contribution in [0.2, 0.25) is 0 Å². The summed E-state index contributed by atoms with van der Waals surface area (Å²) in [7, 11) is 1.95. The van der Waals surface area contributed by atoms with Gasteiger partial charge < -0.3 is 14.8 Å². The molecule has 1 aliphatic heterocycles. The summed E-state index contributed by atoms with van der Waals surface area (Å²) in [5.41, 5.74) is 1.28. The van der Waals surface area contributed by atoms with Crippen LogP contribution in [0.15, 0.2) is 24.3 Å². The Morgan fingerprint density at radius 1 is 1.35 bits per heavy atom. The van der Waals surface area contributed by atoms with Gasteiger partial charge in [-0.2, -0.15) is 0 Å². The van der Waals surface area contributed by atoms with Gasteiger partial charge in [0, 0.05) is 32.8 Å². The van der Waals surface area contributed by atoms with E-state index in [1.54, 1.807) is 0 Å². The van der Waals surface area contributed by atoms with Crippen molar-refractivity contribution in [2.75, 3.05) is 39.9 Å². The van der Waals surface area contributed by atoms with E-state index in [1.807, 2.05) is 19.2 Å². The summed E-state index contributed by atoms with van der Waals surface area (Å²) in [6.07, 6.45) is 1.45. The second kappa shape index (κ2) is 8.25. The van der Waals surface area contributed by atoms with Crippen molar-refractivity contribution in [2.24, 2.45) is 0 Å². The minimum atomic E-state index is 0.332. The Balaban J connectivity index is 1.71. The van der Waals surface area contributed by atoms with Crippen LogP contribution in [0.3, 0.4) is 0 Å². The topological polar surface area (TPSA) is 33.7 Å². The molecule has 1 fully saturated rings. The molecule has 0 saturated carbocycles. The Hall–Kier alpha value is -1.10. The smallest absolute Gasteiger partial charge is 0.119 e. The largest absolute Gasteiger partial charge is 0.492 e. The molecule has 2 rings (SSSR count). The van der Waals surface area contributed by atoms with Crippen LogP contribution in [-0.2, 0) is 11.3 Å². The average molecular weight is 278 g/mol. The standard InChI is InChI=1S/C16H26N2O2/c1-14-13-18(8-3-10-19-14)9-11-20-16-6-4-15(5-7-16)12-17-2/h4-7,14,17H,3,8-13H2,1-2H3. The summed E-state index contributed by atoms with van der Waals surface area (Å²) < 4.78 is 11.5. The summed E-state index contributed by atoms with van der Waals surface area (Å²) in [6.45, 7) is 7.72. The van der Waals surface area contributed by atoms with Gasteiger partial charge in [0.15, 0.2) is 0 Å². The van der Waals surface area contributed by atoms with Crippen molar-refractivity contribution in [2.45, 2.75) is 26.0 Å². The molecule has 0 aromatic heterocycles. The minimum Gasteiger partial charge on any atom is -0.492 e. The predicted octanol–water partition coefficient (Wildman–Crippen LogP) is 1.90. The third-order valence-electron chi connectivity index (χ3n) is 3.52. The van der Waals surface area contributed by atoms with E-state index in [1.165, 1.54) is 5.56 Å². The Kier molecular flexibility index (Phi) is 6.30. The van der Waals surface area contributed by atoms with Gasteiger partial charge in [-0.05, 0) is 38.1 Å². The second-order valence-electron chi connectivity index (χ2n) is 5.36. The molecule has 1 saturated heterocycles. The normalized spacial score (nSPS) is 20.6. The van der Waals surface area contributed by atoms with Crippen LogP contribution in [0, 0.1) is 0 Å². The van der Waals surface area contributed by atoms with Crippen LogP contribution in [-0.4, -0.2) is 50.9 Å². The fourth-order valence-electron chi connectivity index (χ4n) is 2.48. The molecule has 1 N–H and O–H groups in total. The Labute approximate surface area is 122 Å². The molecule has 1 aromatic carbocycles. The summed E-state index contributed by atoms with van der Waals surface area (Å²) in [5.74, 6) is 0.948. The van der Waals surface area contributed by atoms with E-state index >= 15 is 0 Å². The Morgan fingerprint density at radius 3 is 2.90 bits per heavy atom. The highest BCUT2D eigenvalue weighted by molar-refractivity contribution is 5.27. The lowest BCUT2D eigenvalue weighted by atomic mass is 10.2. The first-order valence-electron chi connectivity index (χ1n) is 7.48. The molecule has 20 heavy (non-hydrogen) atoms. The lowest BCUT2D eigenvalue weighted by Crippen LogP contribution is -2.33. The average Bonchev–Trinajstić information content (AvgIpc) is 2.65. The lowest BCUT2D eigenvalue weighted by Gasteiger charge is -2.21. The number of ether oxygens (including phenoxy) is 2. The van der Waals surface area contributed by atoms with Gasteiger partial charge >= 0.3 is 0 Å². The molecule has 1 aromatic rings. The first-order chi connectivity index (χ1) is 9.78. The molecule has 0 spiro atoms. The molecule has 0 aliphatic carbocycles. The Bertz CT molecular complexity index is 381. The molecule has 0 amide bonds. The van der Waals surface area contributed by atoms with Crippen LogP contribution >= 0.6 is 0 Å². The van der Waals surface area contributed by atoms with E-state index < -0.39 is 0 Å². The van der Waals surface area contributed by atoms with Crippen molar-refractivity contribution in [1.29, 1.82) is 0 Å². The van der Waals surface area contributed by atoms with Crippen LogP contribution < -0.4 is 10.1 Å². The first kappa shape index (κ1) is 15.3. The number of nitrogens with one attached hydrogen (secondary N) is 1. The predicted molar refractivity (Wildman–Crippen MR) is 81.2 cm³/mol. The van der Waals surface area contributed by atoms with Gasteiger partial charge in [0.1, 0.15) is 12.4 Å². The lowest BCUT2D eigenvalue weighted by molar-refractivity contribution is 0.0658. The molecule has 1 heterocycles. The third kappa shape index (κ3) is 5.12. The van der Waals surface area contributed by atoms with Crippen molar-refractivity contribution in [3.05, 3.63) is 29.8 Å². The van der Waals surface area contributed by atoms with E-state index in [0.717, 1.165) is 51.6 Å². The summed E-state index contributed by atoms with van der Waals surface area (Å²) >= 11 is 0. The maximum Gasteiger partial charge on any atom is 0.119 e. The van der Waals surface area contributed by atoms with Gasteiger partial charge in [0.25, 0.3) is 0 Å². The van der Waals surface area contributed by atoms with Crippen LogP contribution in [0.4, 0.5) is 0 Å². The van der Waals surface area contributed by atoms with Crippen LogP contribution in [0.1, 0.15) is 18.9 Å². The Morgan fingerprint density at radius 2 is 2.15 bits per heavy atom. The molecular weight excluding hydrogens is 252 g/mol. The number of nitrogens with zero attached hydrogens (tertiary/aromatic N) is 1. The minimum absolute atomic E-state index is 0.332. The highest BCUT2D eigenvalue weighted by atomic mass is 16.5. The highest BCUT2D eigenvalue weighted by Crippen LogP contribution is 2.12. The van der Waals surface area contributed by atoms with E-state index in [-0.39, 0.29) is 0 Å². The zero-order chi connectivity index (χ0) is 14.2. The molecular formula is C16H26N2O2. The summed E-state index contributed by atoms with van der Waals surface area (Å²) in [4.78, 5) is 2.42. The molecule has 0 bridgehead atoms. The van der Waals surface area contributed by atoms with Crippen LogP contribution in [0.25, 0.3) is 0 Å². The zero-order valence-electron chi connectivity index (χ0n) is 12.6. The van der Waals surface area contributed by atoms with Crippen molar-refractivity contribution in [3.63, 3.8) is 0 Å². The van der Waals surface area contributed by atoms with Crippen molar-refractivity contribution in [3.8, 4) is 5.75 Å². The van der Waals surface area contributed by atoms with Gasteiger partial charge in [0.05, 0.1) is 6.10 Å². The number of hydrogen-bond acceptors (Lipinski definition) is 4. The third-order valence-corrected chi connectivity index (χ3v) is 3.52. The molecule has 1 atom stereocenters. The number of hydrogen-bond donors (Lipinski definition) is 1. The fourth-order valence-corrected chi connectivity index (χ4v) is 2.48. The number of rotatable bonds is 6. The summed E-state index contributed by atoms with van der Waals surface area (Å²) in [5, 5.41) is 3.14. The monoisotopic (exact) mass is 278 g/mol.